The van der Waals surface area contributed by atoms with Crippen molar-refractivity contribution >= 4 is 21.8 Å². The Hall–Kier alpha value is -0.870. The van der Waals surface area contributed by atoms with E-state index in [0.29, 0.717) is 0 Å². The predicted molar refractivity (Wildman–Crippen MR) is 85.3 cm³/mol. The summed E-state index contributed by atoms with van der Waals surface area (Å²) in [4.78, 5) is 12.5. The third-order valence-electron chi connectivity index (χ3n) is 4.30. The summed E-state index contributed by atoms with van der Waals surface area (Å²) >= 11 is 3.42. The van der Waals surface area contributed by atoms with E-state index in [4.69, 9.17) is 5.73 Å². The first-order valence-corrected chi connectivity index (χ1v) is 8.04. The Morgan fingerprint density at radius 2 is 2.05 bits per heavy atom. The monoisotopic (exact) mass is 338 g/mol. The van der Waals surface area contributed by atoms with Crippen LogP contribution in [0.2, 0.25) is 0 Å². The van der Waals surface area contributed by atoms with E-state index in [-0.39, 0.29) is 23.4 Å². The fourth-order valence-electron chi connectivity index (χ4n) is 2.94. The molecule has 20 heavy (non-hydrogen) atoms. The van der Waals surface area contributed by atoms with Crippen LogP contribution >= 0.6 is 15.9 Å². The summed E-state index contributed by atoms with van der Waals surface area (Å²) in [5.41, 5.74) is 7.02. The molecule has 4 heteroatoms. The van der Waals surface area contributed by atoms with Crippen molar-refractivity contribution in [3.05, 3.63) is 34.3 Å². The lowest BCUT2D eigenvalue weighted by Crippen LogP contribution is -2.53. The first-order chi connectivity index (χ1) is 9.40. The van der Waals surface area contributed by atoms with E-state index in [2.05, 4.69) is 21.2 Å². The second kappa shape index (κ2) is 6.27. The van der Waals surface area contributed by atoms with Gasteiger partial charge >= 0.3 is 0 Å². The number of rotatable bonds is 3. The number of carbonyl (C=O) groups is 1. The molecule has 1 fully saturated rings. The van der Waals surface area contributed by atoms with Crippen molar-refractivity contribution in [3.63, 3.8) is 0 Å². The summed E-state index contributed by atoms with van der Waals surface area (Å²) in [5.74, 6) is 0.0132. The summed E-state index contributed by atoms with van der Waals surface area (Å²) < 4.78 is 1.04. The van der Waals surface area contributed by atoms with Crippen molar-refractivity contribution in [2.45, 2.75) is 51.1 Å². The molecule has 1 aromatic rings. The van der Waals surface area contributed by atoms with Gasteiger partial charge in [-0.25, -0.2) is 0 Å². The van der Waals surface area contributed by atoms with E-state index in [1.54, 1.807) is 0 Å². The molecule has 3 atom stereocenters. The van der Waals surface area contributed by atoms with E-state index < -0.39 is 0 Å². The maximum Gasteiger partial charge on any atom is 0.225 e. The van der Waals surface area contributed by atoms with Crippen molar-refractivity contribution < 1.29 is 4.79 Å². The summed E-state index contributed by atoms with van der Waals surface area (Å²) in [7, 11) is 0. The van der Waals surface area contributed by atoms with Crippen LogP contribution in [0.1, 0.15) is 51.1 Å². The zero-order chi connectivity index (χ0) is 14.8. The molecule has 3 N–H and O–H groups in total. The van der Waals surface area contributed by atoms with Crippen molar-refractivity contribution in [3.8, 4) is 0 Å². The summed E-state index contributed by atoms with van der Waals surface area (Å²) in [5, 5.41) is 3.11. The molecule has 0 aromatic heterocycles. The van der Waals surface area contributed by atoms with E-state index in [1.165, 1.54) is 0 Å². The standard InChI is InChI=1S/C16H23BrN2O/c1-11(12-6-8-13(17)9-7-12)19-15(20)14-5-3-4-10-16(14,2)18/h6-9,11,14H,3-5,10,18H2,1-2H3,(H,19,20). The lowest BCUT2D eigenvalue weighted by atomic mass is 9.74. The molecule has 0 saturated heterocycles. The van der Waals surface area contributed by atoms with Gasteiger partial charge in [0.15, 0.2) is 0 Å². The van der Waals surface area contributed by atoms with Crippen LogP contribution in [0.5, 0.6) is 0 Å². The van der Waals surface area contributed by atoms with Gasteiger partial charge in [-0.15, -0.1) is 0 Å². The largest absolute Gasteiger partial charge is 0.349 e. The molecular weight excluding hydrogens is 316 g/mol. The Bertz CT molecular complexity index is 470. The molecule has 1 amide bonds. The van der Waals surface area contributed by atoms with Crippen LogP contribution in [-0.2, 0) is 4.79 Å². The minimum absolute atomic E-state index is 0.00771. The first-order valence-electron chi connectivity index (χ1n) is 7.25. The molecule has 0 heterocycles. The number of amides is 1. The quantitative estimate of drug-likeness (QED) is 0.885. The third-order valence-corrected chi connectivity index (χ3v) is 4.83. The van der Waals surface area contributed by atoms with Gasteiger partial charge in [0.05, 0.1) is 12.0 Å². The van der Waals surface area contributed by atoms with Crippen LogP contribution in [0.3, 0.4) is 0 Å². The molecule has 0 bridgehead atoms. The van der Waals surface area contributed by atoms with Crippen LogP contribution < -0.4 is 11.1 Å². The molecular formula is C16H23BrN2O. The highest BCUT2D eigenvalue weighted by atomic mass is 79.9. The number of benzene rings is 1. The molecule has 3 nitrogen and oxygen atoms in total. The summed E-state index contributed by atoms with van der Waals surface area (Å²) in [6.45, 7) is 4.01. The van der Waals surface area contributed by atoms with Gasteiger partial charge in [-0.3, -0.25) is 4.79 Å². The van der Waals surface area contributed by atoms with Gasteiger partial charge in [-0.05, 0) is 44.4 Å². The van der Waals surface area contributed by atoms with Crippen molar-refractivity contribution in [1.82, 2.24) is 5.32 Å². The van der Waals surface area contributed by atoms with E-state index in [1.807, 2.05) is 38.1 Å². The third kappa shape index (κ3) is 3.61. The number of hydrogen-bond acceptors (Lipinski definition) is 2. The SMILES string of the molecule is CC(NC(=O)C1CCCCC1(C)N)c1ccc(Br)cc1. The summed E-state index contributed by atoms with van der Waals surface area (Å²) in [6, 6.07) is 8.04. The topological polar surface area (TPSA) is 55.1 Å². The van der Waals surface area contributed by atoms with Crippen molar-refractivity contribution in [1.29, 1.82) is 0 Å². The van der Waals surface area contributed by atoms with Crippen LogP contribution in [0, 0.1) is 5.92 Å². The smallest absolute Gasteiger partial charge is 0.225 e. The Balaban J connectivity index is 2.01. The highest BCUT2D eigenvalue weighted by molar-refractivity contribution is 9.10. The second-order valence-electron chi connectivity index (χ2n) is 6.09. The molecule has 0 radical (unpaired) electrons. The Morgan fingerprint density at radius 1 is 1.40 bits per heavy atom. The zero-order valence-corrected chi connectivity index (χ0v) is 13.7. The molecule has 1 aliphatic rings. The minimum Gasteiger partial charge on any atom is -0.349 e. The molecule has 1 saturated carbocycles. The predicted octanol–water partition coefficient (Wildman–Crippen LogP) is 3.53. The van der Waals surface area contributed by atoms with Gasteiger partial charge in [0.1, 0.15) is 0 Å². The van der Waals surface area contributed by atoms with Gasteiger partial charge in [0, 0.05) is 10.0 Å². The van der Waals surface area contributed by atoms with E-state index in [9.17, 15) is 4.79 Å². The average molecular weight is 339 g/mol. The molecule has 110 valence electrons. The Kier molecular flexibility index (Phi) is 4.86. The molecule has 0 aliphatic heterocycles. The number of nitrogens with two attached hydrogens (primary N) is 1. The number of hydrogen-bond donors (Lipinski definition) is 2. The highest BCUT2D eigenvalue weighted by Crippen LogP contribution is 2.32. The molecule has 3 unspecified atom stereocenters. The number of nitrogens with one attached hydrogen (secondary N) is 1. The average Bonchev–Trinajstić information content (AvgIpc) is 2.38. The summed E-state index contributed by atoms with van der Waals surface area (Å²) in [6.07, 6.45) is 4.04. The van der Waals surface area contributed by atoms with Crippen LogP contribution in [0.25, 0.3) is 0 Å². The molecule has 1 aromatic carbocycles. The van der Waals surface area contributed by atoms with Crippen LogP contribution in [0.4, 0.5) is 0 Å². The maximum atomic E-state index is 12.5. The van der Waals surface area contributed by atoms with Crippen LogP contribution in [-0.4, -0.2) is 11.4 Å². The van der Waals surface area contributed by atoms with E-state index in [0.717, 1.165) is 35.7 Å². The number of halogens is 1. The fourth-order valence-corrected chi connectivity index (χ4v) is 3.20. The molecule has 0 spiro atoms. The van der Waals surface area contributed by atoms with Gasteiger partial charge in [0.25, 0.3) is 0 Å². The van der Waals surface area contributed by atoms with Gasteiger partial charge in [-0.1, -0.05) is 40.9 Å². The second-order valence-corrected chi connectivity index (χ2v) is 7.00. The lowest BCUT2D eigenvalue weighted by molar-refractivity contribution is -0.128. The van der Waals surface area contributed by atoms with Crippen molar-refractivity contribution in [2.75, 3.05) is 0 Å². The number of carbonyl (C=O) groups excluding carboxylic acids is 1. The normalized spacial score (nSPS) is 27.9. The maximum absolute atomic E-state index is 12.5. The van der Waals surface area contributed by atoms with Gasteiger partial charge in [0.2, 0.25) is 5.91 Å². The first kappa shape index (κ1) is 15.5. The van der Waals surface area contributed by atoms with Crippen LogP contribution in [0.15, 0.2) is 28.7 Å². The Labute approximate surface area is 129 Å². The minimum atomic E-state index is -0.373. The molecule has 1 aliphatic carbocycles. The van der Waals surface area contributed by atoms with Gasteiger partial charge < -0.3 is 11.1 Å². The lowest BCUT2D eigenvalue weighted by Gasteiger charge is -2.37. The van der Waals surface area contributed by atoms with Gasteiger partial charge in [-0.2, -0.15) is 0 Å². The molecule has 2 rings (SSSR count). The zero-order valence-electron chi connectivity index (χ0n) is 12.2. The van der Waals surface area contributed by atoms with E-state index >= 15 is 0 Å². The van der Waals surface area contributed by atoms with Crippen molar-refractivity contribution in [2.24, 2.45) is 11.7 Å². The highest BCUT2D eigenvalue weighted by Gasteiger charge is 2.38. The Morgan fingerprint density at radius 3 is 2.65 bits per heavy atom. The fraction of sp³-hybridized carbons (Fsp3) is 0.562.